The molecule has 108 valence electrons. The van der Waals surface area contributed by atoms with Crippen LogP contribution in [-0.2, 0) is 12.8 Å². The third kappa shape index (κ3) is 1.82. The zero-order chi connectivity index (χ0) is 15.3. The Bertz CT molecular complexity index is 928. The normalized spacial score (nSPS) is 12.8. The number of aryl methyl sites for hydroxylation is 2. The van der Waals surface area contributed by atoms with E-state index in [4.69, 9.17) is 4.98 Å². The molecule has 3 aromatic rings. The van der Waals surface area contributed by atoms with Crippen molar-refractivity contribution in [1.29, 1.82) is 0 Å². The number of carboxylic acids is 1. The molecular formula is C19H15NO2. The Balaban J connectivity index is 2.14. The van der Waals surface area contributed by atoms with Crippen LogP contribution >= 0.6 is 0 Å². The van der Waals surface area contributed by atoms with E-state index in [0.717, 1.165) is 46.1 Å². The van der Waals surface area contributed by atoms with Gasteiger partial charge in [-0.25, -0.2) is 9.78 Å². The Morgan fingerprint density at radius 2 is 1.95 bits per heavy atom. The first kappa shape index (κ1) is 13.0. The lowest BCUT2D eigenvalue weighted by Gasteiger charge is -2.21. The van der Waals surface area contributed by atoms with Crippen LogP contribution in [0, 0.1) is 6.92 Å². The lowest BCUT2D eigenvalue weighted by Crippen LogP contribution is -2.13. The van der Waals surface area contributed by atoms with Gasteiger partial charge in [-0.05, 0) is 43.0 Å². The molecule has 0 bridgehead atoms. The molecule has 0 spiro atoms. The van der Waals surface area contributed by atoms with E-state index in [-0.39, 0.29) is 0 Å². The fourth-order valence-corrected chi connectivity index (χ4v) is 3.36. The first-order chi connectivity index (χ1) is 10.6. The summed E-state index contributed by atoms with van der Waals surface area (Å²) in [5.41, 5.74) is 6.21. The number of carbonyl (C=O) groups is 1. The Kier molecular flexibility index (Phi) is 2.76. The molecule has 0 amide bonds. The summed E-state index contributed by atoms with van der Waals surface area (Å²) >= 11 is 0. The van der Waals surface area contributed by atoms with Gasteiger partial charge < -0.3 is 5.11 Å². The lowest BCUT2D eigenvalue weighted by atomic mass is 9.85. The molecule has 1 N–H and O–H groups in total. The van der Waals surface area contributed by atoms with Crippen LogP contribution in [0.1, 0.15) is 27.0 Å². The highest BCUT2D eigenvalue weighted by Crippen LogP contribution is 2.36. The van der Waals surface area contributed by atoms with Crippen molar-refractivity contribution in [1.82, 2.24) is 4.98 Å². The Labute approximate surface area is 128 Å². The van der Waals surface area contributed by atoms with Crippen LogP contribution in [-0.4, -0.2) is 16.1 Å². The highest BCUT2D eigenvalue weighted by molar-refractivity contribution is 6.06. The van der Waals surface area contributed by atoms with E-state index < -0.39 is 5.97 Å². The van der Waals surface area contributed by atoms with E-state index in [9.17, 15) is 9.90 Å². The van der Waals surface area contributed by atoms with Crippen molar-refractivity contribution in [2.75, 3.05) is 0 Å². The van der Waals surface area contributed by atoms with Crippen LogP contribution in [0.15, 0.2) is 42.5 Å². The van der Waals surface area contributed by atoms with Crippen LogP contribution in [0.25, 0.3) is 22.2 Å². The molecule has 1 aromatic heterocycles. The molecule has 3 heteroatoms. The number of fused-ring (bicyclic) bond motifs is 4. The van der Waals surface area contributed by atoms with Crippen molar-refractivity contribution in [3.8, 4) is 11.3 Å². The van der Waals surface area contributed by atoms with Gasteiger partial charge in [-0.3, -0.25) is 0 Å². The second-order valence-electron chi connectivity index (χ2n) is 5.80. The van der Waals surface area contributed by atoms with Crippen LogP contribution in [0.3, 0.4) is 0 Å². The quantitative estimate of drug-likeness (QED) is 0.736. The van der Waals surface area contributed by atoms with Crippen LogP contribution in [0.4, 0.5) is 0 Å². The number of pyridine rings is 1. The smallest absolute Gasteiger partial charge is 0.336 e. The molecule has 1 aliphatic rings. The number of carboxylic acid groups (broad SMARTS) is 1. The van der Waals surface area contributed by atoms with Crippen molar-refractivity contribution >= 4 is 16.9 Å². The minimum absolute atomic E-state index is 0.415. The Morgan fingerprint density at radius 1 is 1.14 bits per heavy atom. The summed E-state index contributed by atoms with van der Waals surface area (Å²) in [5.74, 6) is -0.867. The van der Waals surface area contributed by atoms with E-state index >= 15 is 0 Å². The molecule has 4 rings (SSSR count). The second kappa shape index (κ2) is 4.67. The number of aromatic nitrogens is 1. The maximum atomic E-state index is 11.9. The molecule has 0 radical (unpaired) electrons. The first-order valence-electron chi connectivity index (χ1n) is 7.40. The summed E-state index contributed by atoms with van der Waals surface area (Å²) in [6.07, 6.45) is 1.59. The van der Waals surface area contributed by atoms with E-state index in [2.05, 4.69) is 6.07 Å². The monoisotopic (exact) mass is 289 g/mol. The third-order valence-electron chi connectivity index (χ3n) is 4.37. The molecule has 2 aromatic carbocycles. The molecule has 1 aliphatic carbocycles. The van der Waals surface area contributed by atoms with Gasteiger partial charge in [0.25, 0.3) is 0 Å². The maximum absolute atomic E-state index is 11.9. The van der Waals surface area contributed by atoms with Gasteiger partial charge in [-0.2, -0.15) is 0 Å². The minimum atomic E-state index is -0.867. The van der Waals surface area contributed by atoms with Gasteiger partial charge >= 0.3 is 5.97 Å². The Morgan fingerprint density at radius 3 is 2.77 bits per heavy atom. The van der Waals surface area contributed by atoms with Gasteiger partial charge in [0.1, 0.15) is 0 Å². The van der Waals surface area contributed by atoms with Crippen molar-refractivity contribution in [2.24, 2.45) is 0 Å². The maximum Gasteiger partial charge on any atom is 0.336 e. The zero-order valence-electron chi connectivity index (χ0n) is 12.3. The van der Waals surface area contributed by atoms with Crippen LogP contribution in [0.2, 0.25) is 0 Å². The molecule has 0 saturated carbocycles. The molecule has 0 fully saturated rings. The predicted molar refractivity (Wildman–Crippen MR) is 86.3 cm³/mol. The first-order valence-corrected chi connectivity index (χ1v) is 7.40. The van der Waals surface area contributed by atoms with Gasteiger partial charge in [0.2, 0.25) is 0 Å². The summed E-state index contributed by atoms with van der Waals surface area (Å²) in [6, 6.07) is 13.9. The topological polar surface area (TPSA) is 50.2 Å². The van der Waals surface area contributed by atoms with Gasteiger partial charge in [0.15, 0.2) is 0 Å². The van der Waals surface area contributed by atoms with E-state index in [1.165, 1.54) is 5.56 Å². The largest absolute Gasteiger partial charge is 0.478 e. The molecule has 0 unspecified atom stereocenters. The summed E-state index contributed by atoms with van der Waals surface area (Å²) < 4.78 is 0. The SMILES string of the molecule is Cc1ccc2nc3c(c(C(=O)O)c2c1)CCc1ccccc1-3. The van der Waals surface area contributed by atoms with E-state index in [1.807, 2.05) is 43.3 Å². The summed E-state index contributed by atoms with van der Waals surface area (Å²) in [6.45, 7) is 1.97. The van der Waals surface area contributed by atoms with Crippen molar-refractivity contribution in [2.45, 2.75) is 19.8 Å². The van der Waals surface area contributed by atoms with Gasteiger partial charge in [-0.15, -0.1) is 0 Å². The second-order valence-corrected chi connectivity index (χ2v) is 5.80. The van der Waals surface area contributed by atoms with E-state index in [0.29, 0.717) is 5.56 Å². The highest BCUT2D eigenvalue weighted by atomic mass is 16.4. The summed E-state index contributed by atoms with van der Waals surface area (Å²) in [4.78, 5) is 16.7. The molecular weight excluding hydrogens is 274 g/mol. The summed E-state index contributed by atoms with van der Waals surface area (Å²) in [5, 5.41) is 10.5. The standard InChI is InChI=1S/C19H15NO2/c1-11-6-9-16-15(10-11)17(19(21)22)14-8-7-12-4-2-3-5-13(12)18(14)20-16/h2-6,9-10H,7-8H2,1H3,(H,21,22). The predicted octanol–water partition coefficient (Wildman–Crippen LogP) is 4.01. The molecule has 22 heavy (non-hydrogen) atoms. The third-order valence-corrected chi connectivity index (χ3v) is 4.37. The van der Waals surface area contributed by atoms with Gasteiger partial charge in [0, 0.05) is 10.9 Å². The molecule has 0 aliphatic heterocycles. The van der Waals surface area contributed by atoms with Crippen molar-refractivity contribution in [3.05, 3.63) is 64.7 Å². The molecule has 0 saturated heterocycles. The van der Waals surface area contributed by atoms with Crippen LogP contribution in [0.5, 0.6) is 0 Å². The fourth-order valence-electron chi connectivity index (χ4n) is 3.36. The van der Waals surface area contributed by atoms with Crippen molar-refractivity contribution < 1.29 is 9.90 Å². The van der Waals surface area contributed by atoms with Gasteiger partial charge in [0.05, 0.1) is 16.8 Å². The van der Waals surface area contributed by atoms with Crippen molar-refractivity contribution in [3.63, 3.8) is 0 Å². The number of rotatable bonds is 1. The number of nitrogens with zero attached hydrogens (tertiary/aromatic N) is 1. The lowest BCUT2D eigenvalue weighted by molar-refractivity contribution is 0.0698. The minimum Gasteiger partial charge on any atom is -0.478 e. The Hall–Kier alpha value is -2.68. The number of aromatic carboxylic acids is 1. The van der Waals surface area contributed by atoms with E-state index in [1.54, 1.807) is 0 Å². The fraction of sp³-hybridized carbons (Fsp3) is 0.158. The number of hydrogen-bond donors (Lipinski definition) is 1. The molecule has 1 heterocycles. The zero-order valence-corrected chi connectivity index (χ0v) is 12.3. The molecule has 0 atom stereocenters. The summed E-state index contributed by atoms with van der Waals surface area (Å²) in [7, 11) is 0. The van der Waals surface area contributed by atoms with Gasteiger partial charge in [-0.1, -0.05) is 35.9 Å². The number of hydrogen-bond acceptors (Lipinski definition) is 2. The number of benzene rings is 2. The average Bonchev–Trinajstić information content (AvgIpc) is 2.52. The van der Waals surface area contributed by atoms with Crippen LogP contribution < -0.4 is 0 Å². The highest BCUT2D eigenvalue weighted by Gasteiger charge is 2.25. The molecule has 3 nitrogen and oxygen atoms in total. The average molecular weight is 289 g/mol.